The zero-order valence-electron chi connectivity index (χ0n) is 9.12. The summed E-state index contributed by atoms with van der Waals surface area (Å²) in [6.45, 7) is 1.41. The highest BCUT2D eigenvalue weighted by molar-refractivity contribution is 5.88. The van der Waals surface area contributed by atoms with E-state index in [2.05, 4.69) is 5.10 Å². The molecule has 0 radical (unpaired) electrons. The summed E-state index contributed by atoms with van der Waals surface area (Å²) in [5, 5.41) is 12.6. The number of hydrogen-bond donors (Lipinski definition) is 1. The number of aromatic nitrogens is 2. The molecule has 0 fully saturated rings. The number of hydrogen-bond acceptors (Lipinski definition) is 2. The van der Waals surface area contributed by atoms with Gasteiger partial charge in [-0.1, -0.05) is 0 Å². The normalized spacial score (nSPS) is 10.7. The van der Waals surface area contributed by atoms with Crippen LogP contribution >= 0.6 is 0 Å². The SMILES string of the molecule is Cc1nn(-c2ccc(F)c(F)c2F)cc1C(=O)O. The van der Waals surface area contributed by atoms with Gasteiger partial charge < -0.3 is 5.11 Å². The van der Waals surface area contributed by atoms with Crippen LogP contribution in [0.3, 0.4) is 0 Å². The van der Waals surface area contributed by atoms with Gasteiger partial charge in [-0.15, -0.1) is 0 Å². The van der Waals surface area contributed by atoms with Gasteiger partial charge >= 0.3 is 5.97 Å². The van der Waals surface area contributed by atoms with Crippen molar-refractivity contribution >= 4 is 5.97 Å². The van der Waals surface area contributed by atoms with Gasteiger partial charge in [0.15, 0.2) is 17.5 Å². The molecule has 0 atom stereocenters. The van der Waals surface area contributed by atoms with Crippen LogP contribution in [-0.2, 0) is 0 Å². The Morgan fingerprint density at radius 2 is 1.94 bits per heavy atom. The highest BCUT2D eigenvalue weighted by Gasteiger charge is 2.18. The molecule has 0 saturated heterocycles. The molecular formula is C11H7F3N2O2. The summed E-state index contributed by atoms with van der Waals surface area (Å²) in [7, 11) is 0. The van der Waals surface area contributed by atoms with E-state index in [0.717, 1.165) is 23.0 Å². The largest absolute Gasteiger partial charge is 0.478 e. The van der Waals surface area contributed by atoms with Gasteiger partial charge in [0.2, 0.25) is 0 Å². The van der Waals surface area contributed by atoms with Crippen LogP contribution in [0.15, 0.2) is 18.3 Å². The van der Waals surface area contributed by atoms with Crippen molar-refractivity contribution in [2.45, 2.75) is 6.92 Å². The predicted molar refractivity (Wildman–Crippen MR) is 55.1 cm³/mol. The van der Waals surface area contributed by atoms with E-state index in [0.29, 0.717) is 0 Å². The van der Waals surface area contributed by atoms with Crippen molar-refractivity contribution in [2.75, 3.05) is 0 Å². The van der Waals surface area contributed by atoms with Gasteiger partial charge in [0.1, 0.15) is 11.3 Å². The molecule has 0 aliphatic rings. The van der Waals surface area contributed by atoms with Crippen molar-refractivity contribution < 1.29 is 23.1 Å². The van der Waals surface area contributed by atoms with Gasteiger partial charge in [-0.2, -0.15) is 5.10 Å². The Morgan fingerprint density at radius 1 is 1.28 bits per heavy atom. The molecule has 0 aliphatic carbocycles. The van der Waals surface area contributed by atoms with Gasteiger partial charge in [0, 0.05) is 6.20 Å². The van der Waals surface area contributed by atoms with E-state index in [9.17, 15) is 18.0 Å². The molecule has 7 heteroatoms. The minimum Gasteiger partial charge on any atom is -0.478 e. The lowest BCUT2D eigenvalue weighted by Gasteiger charge is -2.04. The van der Waals surface area contributed by atoms with Crippen LogP contribution in [0.25, 0.3) is 5.69 Å². The summed E-state index contributed by atoms with van der Waals surface area (Å²) in [6.07, 6.45) is 1.04. The summed E-state index contributed by atoms with van der Waals surface area (Å²) >= 11 is 0. The number of halogens is 3. The number of aryl methyl sites for hydroxylation is 1. The Morgan fingerprint density at radius 3 is 2.50 bits per heavy atom. The maximum atomic E-state index is 13.5. The summed E-state index contributed by atoms with van der Waals surface area (Å²) in [6, 6.07) is 1.72. The molecule has 0 saturated carbocycles. The van der Waals surface area contributed by atoms with Gasteiger partial charge in [-0.3, -0.25) is 0 Å². The Bertz CT molecular complexity index is 637. The van der Waals surface area contributed by atoms with Gasteiger partial charge in [0.25, 0.3) is 0 Å². The maximum Gasteiger partial charge on any atom is 0.339 e. The lowest BCUT2D eigenvalue weighted by atomic mass is 10.2. The quantitative estimate of drug-likeness (QED) is 0.839. The fraction of sp³-hybridized carbons (Fsp3) is 0.0909. The monoisotopic (exact) mass is 256 g/mol. The topological polar surface area (TPSA) is 55.1 Å². The molecule has 2 rings (SSSR count). The first kappa shape index (κ1) is 12.2. The van der Waals surface area contributed by atoms with Gasteiger partial charge in [0.05, 0.1) is 5.69 Å². The summed E-state index contributed by atoms with van der Waals surface area (Å²) < 4.78 is 40.1. The van der Waals surface area contributed by atoms with Crippen LogP contribution in [0.5, 0.6) is 0 Å². The molecule has 0 bridgehead atoms. The van der Waals surface area contributed by atoms with E-state index < -0.39 is 23.4 Å². The molecule has 2 aromatic rings. The van der Waals surface area contributed by atoms with E-state index in [1.54, 1.807) is 0 Å². The lowest BCUT2D eigenvalue weighted by Crippen LogP contribution is -2.02. The minimum atomic E-state index is -1.63. The molecule has 18 heavy (non-hydrogen) atoms. The highest BCUT2D eigenvalue weighted by atomic mass is 19.2. The second kappa shape index (κ2) is 4.17. The Hall–Kier alpha value is -2.31. The molecule has 0 amide bonds. The number of carbonyl (C=O) groups is 1. The average molecular weight is 256 g/mol. The van der Waals surface area contributed by atoms with Crippen LogP contribution in [0, 0.1) is 24.4 Å². The second-order valence-corrected chi connectivity index (χ2v) is 3.57. The molecule has 94 valence electrons. The summed E-state index contributed by atoms with van der Waals surface area (Å²) in [5.41, 5.74) is -0.352. The lowest BCUT2D eigenvalue weighted by molar-refractivity contribution is 0.0696. The van der Waals surface area contributed by atoms with Crippen LogP contribution in [-0.4, -0.2) is 20.9 Å². The molecular weight excluding hydrogens is 249 g/mol. The van der Waals surface area contributed by atoms with Crippen LogP contribution < -0.4 is 0 Å². The van der Waals surface area contributed by atoms with Crippen LogP contribution in [0.1, 0.15) is 16.1 Å². The average Bonchev–Trinajstić information content (AvgIpc) is 2.68. The maximum absolute atomic E-state index is 13.5. The first-order valence-corrected chi connectivity index (χ1v) is 4.85. The Labute approximate surface area is 99.3 Å². The third-order valence-electron chi connectivity index (χ3n) is 2.39. The van der Waals surface area contributed by atoms with E-state index >= 15 is 0 Å². The predicted octanol–water partition coefficient (Wildman–Crippen LogP) is 2.30. The molecule has 0 unspecified atom stereocenters. The Kier molecular flexibility index (Phi) is 2.82. The molecule has 0 spiro atoms. The first-order valence-electron chi connectivity index (χ1n) is 4.85. The zero-order valence-corrected chi connectivity index (χ0v) is 9.12. The van der Waals surface area contributed by atoms with Crippen molar-refractivity contribution in [3.05, 3.63) is 47.0 Å². The van der Waals surface area contributed by atoms with E-state index in [4.69, 9.17) is 5.11 Å². The first-order chi connectivity index (χ1) is 8.41. The standard InChI is InChI=1S/C11H7F3N2O2/c1-5-6(11(17)18)4-16(15-5)8-3-2-7(12)9(13)10(8)14/h2-4H,1H3,(H,17,18). The van der Waals surface area contributed by atoms with Crippen molar-refractivity contribution in [1.29, 1.82) is 0 Å². The fourth-order valence-corrected chi connectivity index (χ4v) is 1.49. The highest BCUT2D eigenvalue weighted by Crippen LogP contribution is 2.19. The molecule has 1 aromatic carbocycles. The number of aromatic carboxylic acids is 1. The molecule has 1 heterocycles. The number of nitrogens with zero attached hydrogens (tertiary/aromatic N) is 2. The van der Waals surface area contributed by atoms with Gasteiger partial charge in [-0.05, 0) is 19.1 Å². The van der Waals surface area contributed by atoms with Crippen molar-refractivity contribution in [2.24, 2.45) is 0 Å². The molecule has 1 aromatic heterocycles. The fourth-order valence-electron chi connectivity index (χ4n) is 1.49. The van der Waals surface area contributed by atoms with Crippen molar-refractivity contribution in [1.82, 2.24) is 9.78 Å². The van der Waals surface area contributed by atoms with Crippen LogP contribution in [0.4, 0.5) is 13.2 Å². The third-order valence-corrected chi connectivity index (χ3v) is 2.39. The van der Waals surface area contributed by atoms with Gasteiger partial charge in [-0.25, -0.2) is 22.6 Å². The summed E-state index contributed by atoms with van der Waals surface area (Å²) in [5.74, 6) is -5.60. The smallest absolute Gasteiger partial charge is 0.339 e. The van der Waals surface area contributed by atoms with Crippen molar-refractivity contribution in [3.63, 3.8) is 0 Å². The second-order valence-electron chi connectivity index (χ2n) is 3.57. The number of carboxylic acid groups (broad SMARTS) is 1. The molecule has 1 N–H and O–H groups in total. The zero-order chi connectivity index (χ0) is 13.4. The van der Waals surface area contributed by atoms with Crippen molar-refractivity contribution in [3.8, 4) is 5.69 Å². The van der Waals surface area contributed by atoms with E-state index in [1.165, 1.54) is 6.92 Å². The van der Waals surface area contributed by atoms with E-state index in [-0.39, 0.29) is 16.9 Å². The summed E-state index contributed by atoms with van der Waals surface area (Å²) in [4.78, 5) is 10.8. The minimum absolute atomic E-state index is 0.140. The van der Waals surface area contributed by atoms with Crippen LogP contribution in [0.2, 0.25) is 0 Å². The number of benzene rings is 1. The van der Waals surface area contributed by atoms with E-state index in [1.807, 2.05) is 0 Å². The number of rotatable bonds is 2. The number of carboxylic acids is 1. The third kappa shape index (κ3) is 1.83. The Balaban J connectivity index is 2.60. The molecule has 0 aliphatic heterocycles. The molecule has 4 nitrogen and oxygen atoms in total.